The predicted molar refractivity (Wildman–Crippen MR) is 124 cm³/mol. The quantitative estimate of drug-likeness (QED) is 0.369. The van der Waals surface area contributed by atoms with E-state index < -0.39 is 10.8 Å². The van der Waals surface area contributed by atoms with E-state index in [0.717, 1.165) is 36.8 Å². The first-order valence-electron chi connectivity index (χ1n) is 10.9. The summed E-state index contributed by atoms with van der Waals surface area (Å²) < 4.78 is 10.2. The fourth-order valence-electron chi connectivity index (χ4n) is 2.90. The van der Waals surface area contributed by atoms with Crippen molar-refractivity contribution in [3.05, 3.63) is 47.5 Å². The minimum Gasteiger partial charge on any atom is -0.466 e. The van der Waals surface area contributed by atoms with E-state index in [0.29, 0.717) is 13.2 Å². The highest BCUT2D eigenvalue weighted by atomic mass is 16.5. The Labute approximate surface area is 182 Å². The first kappa shape index (κ1) is 25.7. The Morgan fingerprint density at radius 3 is 1.37 bits per heavy atom. The van der Waals surface area contributed by atoms with Crippen LogP contribution >= 0.6 is 0 Å². The molecule has 30 heavy (non-hydrogen) atoms. The Morgan fingerprint density at radius 1 is 0.733 bits per heavy atom. The third-order valence-electron chi connectivity index (χ3n) is 5.09. The third kappa shape index (κ3) is 8.98. The van der Waals surface area contributed by atoms with E-state index in [1.165, 1.54) is 0 Å². The molecule has 0 unspecified atom stereocenters. The van der Waals surface area contributed by atoms with Crippen LogP contribution in [0.4, 0.5) is 0 Å². The fraction of sp³-hybridized carbons (Fsp3) is 0.538. The van der Waals surface area contributed by atoms with Gasteiger partial charge in [-0.3, -0.25) is 9.59 Å². The lowest BCUT2D eigenvalue weighted by atomic mass is 9.87. The first-order valence-corrected chi connectivity index (χ1v) is 10.9. The van der Waals surface area contributed by atoms with Crippen molar-refractivity contribution < 1.29 is 19.1 Å². The molecule has 0 aliphatic carbocycles. The minimum atomic E-state index is -0.461. The number of esters is 2. The van der Waals surface area contributed by atoms with Crippen LogP contribution in [0, 0.1) is 10.8 Å². The van der Waals surface area contributed by atoms with Crippen LogP contribution in [0.5, 0.6) is 0 Å². The van der Waals surface area contributed by atoms with E-state index >= 15 is 0 Å². The summed E-state index contributed by atoms with van der Waals surface area (Å²) in [4.78, 5) is 23.8. The summed E-state index contributed by atoms with van der Waals surface area (Å²) in [6.45, 7) is 12.2. The van der Waals surface area contributed by atoms with Gasteiger partial charge in [-0.05, 0) is 78.4 Å². The van der Waals surface area contributed by atoms with Crippen LogP contribution in [-0.4, -0.2) is 25.2 Å². The van der Waals surface area contributed by atoms with Gasteiger partial charge in [0.25, 0.3) is 0 Å². The lowest BCUT2D eigenvalue weighted by molar-refractivity contribution is -0.154. The molecule has 1 aromatic carbocycles. The maximum atomic E-state index is 11.9. The molecule has 1 aromatic rings. The summed E-state index contributed by atoms with van der Waals surface area (Å²) in [7, 11) is 0. The van der Waals surface area contributed by atoms with Gasteiger partial charge in [-0.2, -0.15) is 0 Å². The normalized spacial score (nSPS) is 12.5. The predicted octanol–water partition coefficient (Wildman–Crippen LogP) is 6.45. The number of hydrogen-bond donors (Lipinski definition) is 0. The van der Waals surface area contributed by atoms with Gasteiger partial charge in [0.05, 0.1) is 24.0 Å². The van der Waals surface area contributed by atoms with Crippen molar-refractivity contribution in [1.29, 1.82) is 0 Å². The van der Waals surface area contributed by atoms with E-state index in [9.17, 15) is 9.59 Å². The number of rotatable bonds is 12. The van der Waals surface area contributed by atoms with Gasteiger partial charge in [0.2, 0.25) is 0 Å². The van der Waals surface area contributed by atoms with E-state index in [-0.39, 0.29) is 11.9 Å². The molecule has 0 saturated carbocycles. The summed E-state index contributed by atoms with van der Waals surface area (Å²) in [5.41, 5.74) is 1.34. The van der Waals surface area contributed by atoms with Gasteiger partial charge in [-0.1, -0.05) is 48.6 Å². The van der Waals surface area contributed by atoms with Crippen molar-refractivity contribution in [2.45, 2.75) is 67.2 Å². The average Bonchev–Trinajstić information content (AvgIpc) is 2.70. The van der Waals surface area contributed by atoms with Gasteiger partial charge in [0.15, 0.2) is 0 Å². The summed E-state index contributed by atoms with van der Waals surface area (Å²) in [5, 5.41) is 0. The van der Waals surface area contributed by atoms with Crippen molar-refractivity contribution in [3.63, 3.8) is 0 Å². The van der Waals surface area contributed by atoms with Crippen LogP contribution in [0.15, 0.2) is 36.4 Å². The average molecular weight is 415 g/mol. The van der Waals surface area contributed by atoms with E-state index in [4.69, 9.17) is 9.47 Å². The second-order valence-corrected chi connectivity index (χ2v) is 8.76. The minimum absolute atomic E-state index is 0.139. The molecule has 0 radical (unpaired) electrons. The molecule has 0 aromatic heterocycles. The molecule has 0 aliphatic heterocycles. The Morgan fingerprint density at radius 2 is 1.07 bits per heavy atom. The topological polar surface area (TPSA) is 52.6 Å². The number of hydrogen-bond acceptors (Lipinski definition) is 4. The van der Waals surface area contributed by atoms with Gasteiger partial charge in [-0.25, -0.2) is 0 Å². The molecular weight excluding hydrogens is 376 g/mol. The molecule has 0 fully saturated rings. The SMILES string of the molecule is CCOC(=O)C(C)(C)CC/C=C\c1ccc(/C=C\CCC(C)(C)C(=O)OCC)cc1. The van der Waals surface area contributed by atoms with Gasteiger partial charge in [0, 0.05) is 0 Å². The van der Waals surface area contributed by atoms with Crippen molar-refractivity contribution in [2.75, 3.05) is 13.2 Å². The van der Waals surface area contributed by atoms with Gasteiger partial charge >= 0.3 is 11.9 Å². The Kier molecular flexibility index (Phi) is 10.6. The summed E-state index contributed by atoms with van der Waals surface area (Å²) in [5.74, 6) is -0.277. The van der Waals surface area contributed by atoms with Gasteiger partial charge in [0.1, 0.15) is 0 Å². The molecule has 0 saturated heterocycles. The Hall–Kier alpha value is -2.36. The zero-order chi connectivity index (χ0) is 22.6. The van der Waals surface area contributed by atoms with Crippen molar-refractivity contribution in [1.82, 2.24) is 0 Å². The van der Waals surface area contributed by atoms with Crippen LogP contribution in [0.1, 0.15) is 78.4 Å². The second kappa shape index (κ2) is 12.4. The van der Waals surface area contributed by atoms with E-state index in [1.807, 2.05) is 41.5 Å². The maximum Gasteiger partial charge on any atom is 0.311 e. The highest BCUT2D eigenvalue weighted by Gasteiger charge is 2.28. The molecule has 0 bridgehead atoms. The van der Waals surface area contributed by atoms with E-state index in [1.54, 1.807) is 0 Å². The zero-order valence-corrected chi connectivity index (χ0v) is 19.5. The van der Waals surface area contributed by atoms with Crippen molar-refractivity contribution >= 4 is 24.1 Å². The number of benzene rings is 1. The lowest BCUT2D eigenvalue weighted by Gasteiger charge is -2.21. The standard InChI is InChI=1S/C26H38O4/c1-7-29-23(27)25(3,4)19-11-9-13-21-15-17-22(18-16-21)14-10-12-20-26(5,6)24(28)30-8-2/h9-10,13-18H,7-8,11-12,19-20H2,1-6H3/b13-9-,14-10-. The maximum absolute atomic E-state index is 11.9. The first-order chi connectivity index (χ1) is 14.1. The molecule has 4 nitrogen and oxygen atoms in total. The van der Waals surface area contributed by atoms with Crippen molar-refractivity contribution in [3.8, 4) is 0 Å². The second-order valence-electron chi connectivity index (χ2n) is 8.76. The largest absolute Gasteiger partial charge is 0.466 e. The molecule has 0 heterocycles. The monoisotopic (exact) mass is 414 g/mol. The molecule has 1 rings (SSSR count). The van der Waals surface area contributed by atoms with Crippen LogP contribution in [0.3, 0.4) is 0 Å². The Balaban J connectivity index is 2.48. The lowest BCUT2D eigenvalue weighted by Crippen LogP contribution is -2.26. The van der Waals surface area contributed by atoms with Crippen LogP contribution in [0.2, 0.25) is 0 Å². The van der Waals surface area contributed by atoms with Crippen LogP contribution in [0.25, 0.3) is 12.2 Å². The Bertz CT molecular complexity index is 661. The molecule has 166 valence electrons. The summed E-state index contributed by atoms with van der Waals surface area (Å²) >= 11 is 0. The van der Waals surface area contributed by atoms with Gasteiger partial charge in [-0.15, -0.1) is 0 Å². The smallest absolute Gasteiger partial charge is 0.311 e. The number of carbonyl (C=O) groups is 2. The highest BCUT2D eigenvalue weighted by molar-refractivity contribution is 5.76. The molecule has 0 spiro atoms. The number of carbonyl (C=O) groups excluding carboxylic acids is 2. The highest BCUT2D eigenvalue weighted by Crippen LogP contribution is 2.25. The molecule has 0 atom stereocenters. The zero-order valence-electron chi connectivity index (χ0n) is 19.5. The summed E-state index contributed by atoms with van der Waals surface area (Å²) in [6.07, 6.45) is 11.5. The van der Waals surface area contributed by atoms with Crippen LogP contribution in [-0.2, 0) is 19.1 Å². The fourth-order valence-corrected chi connectivity index (χ4v) is 2.90. The third-order valence-corrected chi connectivity index (χ3v) is 5.09. The number of ether oxygens (including phenoxy) is 2. The molecule has 0 aliphatic rings. The van der Waals surface area contributed by atoms with E-state index in [2.05, 4.69) is 48.6 Å². The molecule has 4 heteroatoms. The molecule has 0 amide bonds. The number of allylic oxidation sites excluding steroid dienone is 2. The summed E-state index contributed by atoms with van der Waals surface area (Å²) in [6, 6.07) is 8.31. The van der Waals surface area contributed by atoms with Crippen molar-refractivity contribution in [2.24, 2.45) is 10.8 Å². The van der Waals surface area contributed by atoms with Crippen LogP contribution < -0.4 is 0 Å². The van der Waals surface area contributed by atoms with Gasteiger partial charge < -0.3 is 9.47 Å². The molecule has 0 N–H and O–H groups in total. The molecular formula is C26H38O4.